The molecule has 0 bridgehead atoms. The Kier molecular flexibility index (Phi) is 42.4. The van der Waals surface area contributed by atoms with Crippen molar-refractivity contribution in [2.24, 2.45) is 0 Å². The van der Waals surface area contributed by atoms with Crippen LogP contribution in [-0.2, 0) is 28.6 Å². The van der Waals surface area contributed by atoms with Gasteiger partial charge in [-0.3, -0.25) is 14.4 Å². The molecular weight excluding hydrogens is 685 g/mol. The molecule has 0 saturated carbocycles. The Morgan fingerprint density at radius 1 is 0.382 bits per heavy atom. The van der Waals surface area contributed by atoms with Crippen molar-refractivity contribution in [2.45, 2.75) is 245 Å². The van der Waals surface area contributed by atoms with Gasteiger partial charge in [0.1, 0.15) is 13.2 Å². The van der Waals surface area contributed by atoms with Crippen molar-refractivity contribution in [2.75, 3.05) is 13.2 Å². The van der Waals surface area contributed by atoms with E-state index >= 15 is 0 Å². The Balaban J connectivity index is 4.32. The van der Waals surface area contributed by atoms with Gasteiger partial charge in [-0.2, -0.15) is 0 Å². The van der Waals surface area contributed by atoms with Gasteiger partial charge >= 0.3 is 17.9 Å². The molecule has 0 heterocycles. The monoisotopic (exact) mass is 773 g/mol. The molecule has 0 N–H and O–H groups in total. The number of ether oxygens (including phenoxy) is 3. The molecule has 0 rings (SSSR count). The fourth-order valence-electron chi connectivity index (χ4n) is 6.63. The first-order valence-corrected chi connectivity index (χ1v) is 23.5. The van der Waals surface area contributed by atoms with Crippen LogP contribution in [0.1, 0.15) is 239 Å². The van der Waals surface area contributed by atoms with Crippen molar-refractivity contribution in [1.82, 2.24) is 0 Å². The largest absolute Gasteiger partial charge is 0.462 e. The van der Waals surface area contributed by atoms with Crippen molar-refractivity contribution in [3.05, 3.63) is 36.5 Å². The highest BCUT2D eigenvalue weighted by Gasteiger charge is 2.19. The van der Waals surface area contributed by atoms with Crippen LogP contribution < -0.4 is 0 Å². The minimum atomic E-state index is -0.779. The molecule has 0 aromatic rings. The molecule has 0 aliphatic heterocycles. The van der Waals surface area contributed by atoms with Gasteiger partial charge in [0, 0.05) is 19.3 Å². The molecule has 55 heavy (non-hydrogen) atoms. The van der Waals surface area contributed by atoms with Crippen LogP contribution in [0.5, 0.6) is 0 Å². The standard InChI is InChI=1S/C49H88O6/c1-4-7-10-13-16-19-21-23-24-25-27-28-30-33-36-39-42-48(51)54-45-46(44-53-47(50)41-38-35-32-18-15-12-9-6-3)55-49(52)43-40-37-34-31-29-26-22-20-17-14-11-8-5-2/h8,11,17,20,26,29,46H,4-7,9-10,12-16,18-19,21-25,27-28,30-45H2,1-3H3/b11-8-,20-17-,29-26-. The summed E-state index contributed by atoms with van der Waals surface area (Å²) in [7, 11) is 0. The van der Waals surface area contributed by atoms with Gasteiger partial charge in [0.2, 0.25) is 0 Å². The summed E-state index contributed by atoms with van der Waals surface area (Å²) in [6, 6.07) is 0. The summed E-state index contributed by atoms with van der Waals surface area (Å²) in [6.07, 6.45) is 49.9. The smallest absolute Gasteiger partial charge is 0.306 e. The Bertz CT molecular complexity index is 938. The van der Waals surface area contributed by atoms with Gasteiger partial charge in [-0.1, -0.05) is 205 Å². The fourth-order valence-corrected chi connectivity index (χ4v) is 6.63. The second-order valence-corrected chi connectivity index (χ2v) is 15.6. The molecule has 0 amide bonds. The third-order valence-corrected chi connectivity index (χ3v) is 10.2. The molecule has 320 valence electrons. The van der Waals surface area contributed by atoms with Gasteiger partial charge in [-0.25, -0.2) is 0 Å². The number of hydrogen-bond donors (Lipinski definition) is 0. The van der Waals surface area contributed by atoms with E-state index in [1.807, 2.05) is 0 Å². The summed E-state index contributed by atoms with van der Waals surface area (Å²) in [4.78, 5) is 37.7. The van der Waals surface area contributed by atoms with E-state index in [1.165, 1.54) is 116 Å². The Morgan fingerprint density at radius 2 is 0.709 bits per heavy atom. The first-order valence-electron chi connectivity index (χ1n) is 23.5. The Labute approximate surface area is 340 Å². The van der Waals surface area contributed by atoms with Gasteiger partial charge in [0.15, 0.2) is 6.10 Å². The van der Waals surface area contributed by atoms with Crippen LogP contribution in [-0.4, -0.2) is 37.2 Å². The highest BCUT2D eigenvalue weighted by molar-refractivity contribution is 5.71. The van der Waals surface area contributed by atoms with E-state index < -0.39 is 6.10 Å². The van der Waals surface area contributed by atoms with E-state index in [9.17, 15) is 14.4 Å². The molecule has 0 fully saturated rings. The molecule has 0 radical (unpaired) electrons. The molecule has 6 nitrogen and oxygen atoms in total. The highest BCUT2D eigenvalue weighted by atomic mass is 16.6. The molecule has 1 unspecified atom stereocenters. The lowest BCUT2D eigenvalue weighted by molar-refractivity contribution is -0.167. The van der Waals surface area contributed by atoms with E-state index in [4.69, 9.17) is 14.2 Å². The van der Waals surface area contributed by atoms with Crippen molar-refractivity contribution in [1.29, 1.82) is 0 Å². The van der Waals surface area contributed by atoms with Crippen molar-refractivity contribution < 1.29 is 28.6 Å². The first-order chi connectivity index (χ1) is 27.0. The van der Waals surface area contributed by atoms with Crippen LogP contribution in [0.4, 0.5) is 0 Å². The Hall–Kier alpha value is -2.37. The van der Waals surface area contributed by atoms with Crippen LogP contribution in [0.15, 0.2) is 36.5 Å². The molecule has 6 heteroatoms. The van der Waals surface area contributed by atoms with Crippen molar-refractivity contribution in [3.8, 4) is 0 Å². The zero-order valence-corrected chi connectivity index (χ0v) is 36.4. The van der Waals surface area contributed by atoms with E-state index in [-0.39, 0.29) is 31.1 Å². The SMILES string of the molecule is CC/C=C\C/C=C\C/C=C\CCCCCC(=O)OC(COC(=O)CCCCCCCCCC)COC(=O)CCCCCCCCCCCCCCCCCC. The normalized spacial score (nSPS) is 12.3. The number of allylic oxidation sites excluding steroid dienone is 6. The second-order valence-electron chi connectivity index (χ2n) is 15.6. The lowest BCUT2D eigenvalue weighted by atomic mass is 10.0. The van der Waals surface area contributed by atoms with Crippen molar-refractivity contribution in [3.63, 3.8) is 0 Å². The maximum absolute atomic E-state index is 12.7. The van der Waals surface area contributed by atoms with Gasteiger partial charge in [-0.15, -0.1) is 0 Å². The van der Waals surface area contributed by atoms with E-state index in [2.05, 4.69) is 57.2 Å². The van der Waals surface area contributed by atoms with Gasteiger partial charge in [-0.05, 0) is 51.4 Å². The third kappa shape index (κ3) is 42.6. The molecule has 0 aliphatic carbocycles. The van der Waals surface area contributed by atoms with Crippen LogP contribution in [0, 0.1) is 0 Å². The molecule has 0 spiro atoms. The number of rotatable bonds is 42. The molecule has 0 aliphatic rings. The zero-order valence-electron chi connectivity index (χ0n) is 36.4. The quantitative estimate of drug-likeness (QED) is 0.0266. The second kappa shape index (κ2) is 44.3. The number of esters is 3. The predicted molar refractivity (Wildman–Crippen MR) is 233 cm³/mol. The lowest BCUT2D eigenvalue weighted by Crippen LogP contribution is -2.30. The summed E-state index contributed by atoms with van der Waals surface area (Å²) in [5.41, 5.74) is 0. The highest BCUT2D eigenvalue weighted by Crippen LogP contribution is 2.15. The summed E-state index contributed by atoms with van der Waals surface area (Å²) in [6.45, 7) is 6.48. The molecule has 0 aromatic heterocycles. The van der Waals surface area contributed by atoms with Crippen LogP contribution in [0.25, 0.3) is 0 Å². The molecule has 1 atom stereocenters. The van der Waals surface area contributed by atoms with Gasteiger partial charge in [0.25, 0.3) is 0 Å². The van der Waals surface area contributed by atoms with E-state index in [0.717, 1.165) is 83.5 Å². The average Bonchev–Trinajstić information content (AvgIpc) is 3.18. The average molecular weight is 773 g/mol. The number of carbonyl (C=O) groups excluding carboxylic acids is 3. The van der Waals surface area contributed by atoms with E-state index in [1.54, 1.807) is 0 Å². The number of carbonyl (C=O) groups is 3. The van der Waals surface area contributed by atoms with Gasteiger partial charge in [0.05, 0.1) is 0 Å². The van der Waals surface area contributed by atoms with E-state index in [0.29, 0.717) is 19.3 Å². The molecular formula is C49H88O6. The van der Waals surface area contributed by atoms with Crippen LogP contribution in [0.3, 0.4) is 0 Å². The van der Waals surface area contributed by atoms with Crippen LogP contribution in [0.2, 0.25) is 0 Å². The zero-order chi connectivity index (χ0) is 40.1. The maximum Gasteiger partial charge on any atom is 0.306 e. The minimum absolute atomic E-state index is 0.0808. The molecule has 0 saturated heterocycles. The Morgan fingerprint density at radius 3 is 1.11 bits per heavy atom. The third-order valence-electron chi connectivity index (χ3n) is 10.2. The summed E-state index contributed by atoms with van der Waals surface area (Å²) in [5.74, 6) is -0.910. The summed E-state index contributed by atoms with van der Waals surface area (Å²) < 4.78 is 16.7. The summed E-state index contributed by atoms with van der Waals surface area (Å²) >= 11 is 0. The topological polar surface area (TPSA) is 78.9 Å². The minimum Gasteiger partial charge on any atom is -0.462 e. The summed E-state index contributed by atoms with van der Waals surface area (Å²) in [5, 5.41) is 0. The first kappa shape index (κ1) is 52.6. The maximum atomic E-state index is 12.7. The number of unbranched alkanes of at least 4 members (excludes halogenated alkanes) is 25. The molecule has 0 aromatic carbocycles. The lowest BCUT2D eigenvalue weighted by Gasteiger charge is -2.18. The fraction of sp³-hybridized carbons (Fsp3) is 0.816. The number of hydrogen-bond acceptors (Lipinski definition) is 6. The van der Waals surface area contributed by atoms with Crippen molar-refractivity contribution >= 4 is 17.9 Å². The van der Waals surface area contributed by atoms with Crippen LogP contribution >= 0.6 is 0 Å². The predicted octanol–water partition coefficient (Wildman–Crippen LogP) is 15.0. The van der Waals surface area contributed by atoms with Gasteiger partial charge < -0.3 is 14.2 Å².